The number of aromatic nitrogens is 2. The van der Waals surface area contributed by atoms with Crippen LogP contribution in [0.4, 0.5) is 0 Å². The Balaban J connectivity index is 1.27. The number of benzene rings is 1. The fourth-order valence-corrected chi connectivity index (χ4v) is 5.42. The van der Waals surface area contributed by atoms with Crippen molar-refractivity contribution < 1.29 is 4.79 Å². The number of nitrogens with one attached hydrogen (secondary N) is 1. The lowest BCUT2D eigenvalue weighted by atomic mass is 10.1. The van der Waals surface area contributed by atoms with Gasteiger partial charge < -0.3 is 5.32 Å². The average molecular weight is 407 g/mol. The number of para-hydroxylation sites is 1. The Morgan fingerprint density at radius 3 is 3.00 bits per heavy atom. The van der Waals surface area contributed by atoms with Crippen molar-refractivity contribution in [2.24, 2.45) is 0 Å². The molecule has 1 amide bonds. The zero-order chi connectivity index (χ0) is 19.8. The number of fused-ring (bicyclic) bond motifs is 2. The van der Waals surface area contributed by atoms with Crippen LogP contribution in [0, 0.1) is 6.92 Å². The number of hydrogen-bond acceptors (Lipinski definition) is 4. The van der Waals surface area contributed by atoms with Crippen molar-refractivity contribution >= 4 is 17.2 Å². The molecule has 5 nitrogen and oxygen atoms in total. The topological polar surface area (TPSA) is 50.2 Å². The molecule has 0 saturated carbocycles. The molecule has 0 fully saturated rings. The first kappa shape index (κ1) is 18.6. The Bertz CT molecular complexity index is 1050. The molecule has 0 unspecified atom stereocenters. The molecule has 0 bridgehead atoms. The molecule has 0 radical (unpaired) electrons. The van der Waals surface area contributed by atoms with Crippen LogP contribution in [0.25, 0.3) is 5.69 Å². The Kier molecular flexibility index (Phi) is 4.97. The minimum Gasteiger partial charge on any atom is -0.349 e. The van der Waals surface area contributed by atoms with Crippen molar-refractivity contribution in [2.45, 2.75) is 39.2 Å². The number of thiophene rings is 1. The van der Waals surface area contributed by atoms with E-state index in [1.54, 1.807) is 0 Å². The molecule has 0 spiro atoms. The van der Waals surface area contributed by atoms with Gasteiger partial charge in [-0.25, -0.2) is 4.68 Å². The van der Waals surface area contributed by atoms with Gasteiger partial charge in [0.1, 0.15) is 0 Å². The van der Waals surface area contributed by atoms with E-state index >= 15 is 0 Å². The highest BCUT2D eigenvalue weighted by molar-refractivity contribution is 7.10. The third kappa shape index (κ3) is 3.51. The van der Waals surface area contributed by atoms with Gasteiger partial charge in [0.25, 0.3) is 5.91 Å². The van der Waals surface area contributed by atoms with Crippen LogP contribution >= 0.6 is 11.3 Å². The van der Waals surface area contributed by atoms with Crippen LogP contribution in [0.5, 0.6) is 0 Å². The van der Waals surface area contributed by atoms with Crippen molar-refractivity contribution in [3.8, 4) is 5.69 Å². The molecular weight excluding hydrogens is 380 g/mol. The molecule has 1 aromatic carbocycles. The summed E-state index contributed by atoms with van der Waals surface area (Å²) in [4.78, 5) is 16.9. The van der Waals surface area contributed by atoms with E-state index in [0.29, 0.717) is 12.2 Å². The summed E-state index contributed by atoms with van der Waals surface area (Å²) in [5.74, 6) is -0.0382. The van der Waals surface area contributed by atoms with Crippen LogP contribution in [-0.2, 0) is 25.8 Å². The molecule has 2 aliphatic rings. The van der Waals surface area contributed by atoms with Gasteiger partial charge in [0.15, 0.2) is 5.69 Å². The van der Waals surface area contributed by atoms with E-state index in [-0.39, 0.29) is 5.91 Å². The first-order valence-electron chi connectivity index (χ1n) is 10.4. The van der Waals surface area contributed by atoms with Gasteiger partial charge in [-0.1, -0.05) is 18.2 Å². The maximum absolute atomic E-state index is 12.9. The highest BCUT2D eigenvalue weighted by Gasteiger charge is 2.27. The summed E-state index contributed by atoms with van der Waals surface area (Å²) in [6.07, 6.45) is 4.14. The lowest BCUT2D eigenvalue weighted by molar-refractivity contribution is 0.0941. The van der Waals surface area contributed by atoms with Gasteiger partial charge in [0.05, 0.1) is 5.69 Å². The molecule has 1 aliphatic heterocycles. The largest absolute Gasteiger partial charge is 0.349 e. The molecule has 29 heavy (non-hydrogen) atoms. The van der Waals surface area contributed by atoms with Crippen molar-refractivity contribution in [2.75, 3.05) is 19.6 Å². The smallest absolute Gasteiger partial charge is 0.272 e. The summed E-state index contributed by atoms with van der Waals surface area (Å²) >= 11 is 1.86. The summed E-state index contributed by atoms with van der Waals surface area (Å²) in [5, 5.41) is 10.0. The number of amides is 1. The molecule has 3 heterocycles. The van der Waals surface area contributed by atoms with Crippen LogP contribution in [0.15, 0.2) is 35.7 Å². The van der Waals surface area contributed by atoms with Crippen molar-refractivity contribution in [1.82, 2.24) is 20.0 Å². The third-order valence-electron chi connectivity index (χ3n) is 6.09. The van der Waals surface area contributed by atoms with Crippen LogP contribution in [0.1, 0.15) is 44.2 Å². The molecule has 1 N–H and O–H groups in total. The van der Waals surface area contributed by atoms with Gasteiger partial charge >= 0.3 is 0 Å². The second-order valence-corrected chi connectivity index (χ2v) is 8.98. The maximum Gasteiger partial charge on any atom is 0.272 e. The number of nitrogens with zero attached hydrogens (tertiary/aromatic N) is 3. The Labute approximate surface area is 175 Å². The van der Waals surface area contributed by atoms with Gasteiger partial charge in [0.2, 0.25) is 0 Å². The number of aryl methyl sites for hydroxylation is 1. The summed E-state index contributed by atoms with van der Waals surface area (Å²) in [7, 11) is 0. The highest BCUT2D eigenvalue weighted by Crippen LogP contribution is 2.29. The van der Waals surface area contributed by atoms with Gasteiger partial charge in [0, 0.05) is 42.3 Å². The zero-order valence-corrected chi connectivity index (χ0v) is 17.6. The second kappa shape index (κ2) is 7.76. The molecule has 0 atom stereocenters. The van der Waals surface area contributed by atoms with E-state index < -0.39 is 0 Å². The summed E-state index contributed by atoms with van der Waals surface area (Å²) < 4.78 is 2.00. The number of rotatable bonds is 5. The highest BCUT2D eigenvalue weighted by atomic mass is 32.1. The summed E-state index contributed by atoms with van der Waals surface area (Å²) in [6.45, 7) is 5.69. The molecular formula is C23H26N4OS. The normalized spacial score (nSPS) is 15.9. The second-order valence-electron chi connectivity index (χ2n) is 7.98. The quantitative estimate of drug-likeness (QED) is 0.705. The number of carbonyl (C=O) groups is 1. The summed E-state index contributed by atoms with van der Waals surface area (Å²) in [6, 6.07) is 10.5. The summed E-state index contributed by atoms with van der Waals surface area (Å²) in [5.41, 5.74) is 6.64. The van der Waals surface area contributed by atoms with Gasteiger partial charge in [-0.2, -0.15) is 5.10 Å². The van der Waals surface area contributed by atoms with E-state index in [2.05, 4.69) is 40.7 Å². The first-order chi connectivity index (χ1) is 14.2. The third-order valence-corrected chi connectivity index (χ3v) is 7.11. The van der Waals surface area contributed by atoms with Gasteiger partial charge in [-0.15, -0.1) is 11.3 Å². The van der Waals surface area contributed by atoms with E-state index in [4.69, 9.17) is 5.10 Å². The van der Waals surface area contributed by atoms with Gasteiger partial charge in [-0.3, -0.25) is 9.69 Å². The van der Waals surface area contributed by atoms with Crippen molar-refractivity contribution in [3.63, 3.8) is 0 Å². The van der Waals surface area contributed by atoms with Crippen molar-refractivity contribution in [1.29, 1.82) is 0 Å². The standard InChI is InChI=1S/C23H26N4OS/c1-16-5-2-3-7-19(16)27-20-8-4-6-18(20)22(25-27)23(28)24-11-13-26-12-9-21-17(15-26)10-14-29-21/h2-3,5,7,10,14H,4,6,8-9,11-13,15H2,1H3,(H,24,28). The fraction of sp³-hybridized carbons (Fsp3) is 0.391. The minimum absolute atomic E-state index is 0.0382. The van der Waals surface area contributed by atoms with E-state index in [9.17, 15) is 4.79 Å². The van der Waals surface area contributed by atoms with Crippen LogP contribution in [0.2, 0.25) is 0 Å². The Morgan fingerprint density at radius 2 is 2.10 bits per heavy atom. The molecule has 0 saturated heterocycles. The van der Waals surface area contributed by atoms with Crippen molar-refractivity contribution in [3.05, 3.63) is 68.7 Å². The van der Waals surface area contributed by atoms with E-state index in [1.165, 1.54) is 21.7 Å². The van der Waals surface area contributed by atoms with E-state index in [1.807, 2.05) is 28.2 Å². The first-order valence-corrected chi connectivity index (χ1v) is 11.3. The van der Waals surface area contributed by atoms with Crippen LogP contribution in [0.3, 0.4) is 0 Å². The monoisotopic (exact) mass is 406 g/mol. The molecule has 1 aliphatic carbocycles. The maximum atomic E-state index is 12.9. The SMILES string of the molecule is Cc1ccccc1-n1nc(C(=O)NCCN2CCc3sccc3C2)c2c1CCC2. The molecule has 6 heteroatoms. The molecule has 3 aromatic rings. The molecule has 5 rings (SSSR count). The fourth-order valence-electron chi connectivity index (χ4n) is 4.53. The predicted molar refractivity (Wildman–Crippen MR) is 116 cm³/mol. The zero-order valence-electron chi connectivity index (χ0n) is 16.8. The van der Waals surface area contributed by atoms with E-state index in [0.717, 1.165) is 56.6 Å². The average Bonchev–Trinajstić information content (AvgIpc) is 3.44. The Hall–Kier alpha value is -2.44. The predicted octanol–water partition coefficient (Wildman–Crippen LogP) is 3.52. The molecule has 2 aromatic heterocycles. The minimum atomic E-state index is -0.0382. The van der Waals surface area contributed by atoms with Gasteiger partial charge in [-0.05, 0) is 61.2 Å². The molecule has 150 valence electrons. The lowest BCUT2D eigenvalue weighted by Crippen LogP contribution is -2.37. The lowest BCUT2D eigenvalue weighted by Gasteiger charge is -2.26. The van der Waals surface area contributed by atoms with Crippen LogP contribution < -0.4 is 5.32 Å². The van der Waals surface area contributed by atoms with Crippen LogP contribution in [-0.4, -0.2) is 40.2 Å². The number of hydrogen-bond donors (Lipinski definition) is 1. The number of carbonyl (C=O) groups excluding carboxylic acids is 1. The Morgan fingerprint density at radius 1 is 1.21 bits per heavy atom.